The number of anilines is 1. The number of ether oxygens (including phenoxy) is 2. The quantitative estimate of drug-likeness (QED) is 0.783. The predicted molar refractivity (Wildman–Crippen MR) is 85.2 cm³/mol. The van der Waals surface area contributed by atoms with Gasteiger partial charge in [-0.1, -0.05) is 13.8 Å². The van der Waals surface area contributed by atoms with Gasteiger partial charge in [0.2, 0.25) is 0 Å². The zero-order valence-electron chi connectivity index (χ0n) is 13.7. The van der Waals surface area contributed by atoms with Crippen LogP contribution in [0.15, 0.2) is 24.3 Å². The Morgan fingerprint density at radius 2 is 1.74 bits per heavy atom. The number of rotatable bonds is 6. The number of urea groups is 1. The molecule has 1 unspecified atom stereocenters. The van der Waals surface area contributed by atoms with Crippen LogP contribution in [0, 0.1) is 5.92 Å². The van der Waals surface area contributed by atoms with Crippen LogP contribution in [0.3, 0.4) is 0 Å². The third-order valence-corrected chi connectivity index (χ3v) is 3.06. The molecule has 0 saturated heterocycles. The number of hydrogen-bond acceptors (Lipinski definition) is 5. The Hall–Kier alpha value is -2.57. The molecule has 1 rings (SSSR count). The van der Waals surface area contributed by atoms with Crippen LogP contribution in [0.4, 0.5) is 10.5 Å². The summed E-state index contributed by atoms with van der Waals surface area (Å²) in [4.78, 5) is 35.1. The van der Waals surface area contributed by atoms with Gasteiger partial charge < -0.3 is 20.1 Å². The van der Waals surface area contributed by atoms with E-state index in [9.17, 15) is 14.4 Å². The number of amides is 2. The van der Waals surface area contributed by atoms with E-state index >= 15 is 0 Å². The molecular weight excluding hydrogens is 300 g/mol. The van der Waals surface area contributed by atoms with Crippen molar-refractivity contribution in [2.75, 3.05) is 19.0 Å². The molecule has 1 aromatic carbocycles. The Balaban J connectivity index is 2.66. The molecular formula is C16H22N2O5. The van der Waals surface area contributed by atoms with E-state index in [1.807, 2.05) is 0 Å². The maximum atomic E-state index is 11.9. The average molecular weight is 322 g/mol. The van der Waals surface area contributed by atoms with Gasteiger partial charge >= 0.3 is 18.0 Å². The lowest BCUT2D eigenvalue weighted by Crippen LogP contribution is -2.46. The first kappa shape index (κ1) is 18.5. The molecule has 1 aromatic rings. The molecule has 0 heterocycles. The Bertz CT molecular complexity index is 554. The van der Waals surface area contributed by atoms with Crippen molar-refractivity contribution < 1.29 is 23.9 Å². The zero-order valence-corrected chi connectivity index (χ0v) is 13.7. The molecule has 1 atom stereocenters. The van der Waals surface area contributed by atoms with Gasteiger partial charge in [-0.3, -0.25) is 0 Å². The second kappa shape index (κ2) is 8.77. The first-order chi connectivity index (χ1) is 10.9. The van der Waals surface area contributed by atoms with E-state index in [1.165, 1.54) is 7.11 Å². The molecule has 0 aliphatic rings. The van der Waals surface area contributed by atoms with Gasteiger partial charge in [0.25, 0.3) is 0 Å². The highest BCUT2D eigenvalue weighted by atomic mass is 16.5. The molecule has 0 bridgehead atoms. The van der Waals surface area contributed by atoms with Crippen LogP contribution in [-0.2, 0) is 14.3 Å². The summed E-state index contributed by atoms with van der Waals surface area (Å²) >= 11 is 0. The number of carbonyl (C=O) groups is 3. The molecule has 2 amide bonds. The fraction of sp³-hybridized carbons (Fsp3) is 0.438. The molecule has 7 nitrogen and oxygen atoms in total. The van der Waals surface area contributed by atoms with Crippen molar-refractivity contribution in [3.63, 3.8) is 0 Å². The third kappa shape index (κ3) is 5.61. The largest absolute Gasteiger partial charge is 0.467 e. The van der Waals surface area contributed by atoms with Gasteiger partial charge in [0.05, 0.1) is 19.3 Å². The highest BCUT2D eigenvalue weighted by Gasteiger charge is 2.24. The van der Waals surface area contributed by atoms with Crippen molar-refractivity contribution in [1.29, 1.82) is 0 Å². The second-order valence-corrected chi connectivity index (χ2v) is 5.14. The molecule has 0 aromatic heterocycles. The number of esters is 2. The summed E-state index contributed by atoms with van der Waals surface area (Å²) in [5.74, 6) is -1.04. The fourth-order valence-corrected chi connectivity index (χ4v) is 1.84. The van der Waals surface area contributed by atoms with E-state index in [-0.39, 0.29) is 5.92 Å². The first-order valence-corrected chi connectivity index (χ1v) is 7.31. The van der Waals surface area contributed by atoms with E-state index < -0.39 is 24.0 Å². The topological polar surface area (TPSA) is 93.7 Å². The van der Waals surface area contributed by atoms with Gasteiger partial charge in [-0.15, -0.1) is 0 Å². The summed E-state index contributed by atoms with van der Waals surface area (Å²) in [7, 11) is 1.27. The molecule has 0 saturated carbocycles. The molecule has 0 aliphatic heterocycles. The highest BCUT2D eigenvalue weighted by molar-refractivity contribution is 5.94. The van der Waals surface area contributed by atoms with E-state index in [0.29, 0.717) is 17.9 Å². The molecule has 2 N–H and O–H groups in total. The molecule has 7 heteroatoms. The number of methoxy groups -OCH3 is 1. The smallest absolute Gasteiger partial charge is 0.338 e. The van der Waals surface area contributed by atoms with Crippen molar-refractivity contribution in [1.82, 2.24) is 5.32 Å². The third-order valence-electron chi connectivity index (χ3n) is 3.06. The van der Waals surface area contributed by atoms with Crippen LogP contribution in [0.25, 0.3) is 0 Å². The summed E-state index contributed by atoms with van der Waals surface area (Å²) in [5.41, 5.74) is 0.885. The monoisotopic (exact) mass is 322 g/mol. The van der Waals surface area contributed by atoms with Gasteiger partial charge in [-0.25, -0.2) is 14.4 Å². The summed E-state index contributed by atoms with van der Waals surface area (Å²) < 4.78 is 9.53. The van der Waals surface area contributed by atoms with Crippen molar-refractivity contribution in [2.45, 2.75) is 26.8 Å². The maximum absolute atomic E-state index is 11.9. The molecule has 23 heavy (non-hydrogen) atoms. The van der Waals surface area contributed by atoms with Gasteiger partial charge in [0.1, 0.15) is 6.04 Å². The zero-order chi connectivity index (χ0) is 17.4. The Morgan fingerprint density at radius 1 is 1.13 bits per heavy atom. The maximum Gasteiger partial charge on any atom is 0.338 e. The highest BCUT2D eigenvalue weighted by Crippen LogP contribution is 2.11. The molecule has 0 radical (unpaired) electrons. The lowest BCUT2D eigenvalue weighted by atomic mass is 10.1. The summed E-state index contributed by atoms with van der Waals surface area (Å²) in [5, 5.41) is 5.15. The number of nitrogens with one attached hydrogen (secondary N) is 2. The lowest BCUT2D eigenvalue weighted by Gasteiger charge is -2.20. The number of benzene rings is 1. The van der Waals surface area contributed by atoms with Crippen LogP contribution in [0.2, 0.25) is 0 Å². The average Bonchev–Trinajstić information content (AvgIpc) is 2.52. The first-order valence-electron chi connectivity index (χ1n) is 7.31. The van der Waals surface area contributed by atoms with Gasteiger partial charge in [-0.2, -0.15) is 0 Å². The van der Waals surface area contributed by atoms with Gasteiger partial charge in [-0.05, 0) is 37.1 Å². The Kier molecular flexibility index (Phi) is 7.05. The van der Waals surface area contributed by atoms with Crippen LogP contribution < -0.4 is 10.6 Å². The normalized spacial score (nSPS) is 11.5. The minimum Gasteiger partial charge on any atom is -0.467 e. The van der Waals surface area contributed by atoms with Crippen molar-refractivity contribution >= 4 is 23.7 Å². The fourth-order valence-electron chi connectivity index (χ4n) is 1.84. The summed E-state index contributed by atoms with van der Waals surface area (Å²) in [6.45, 7) is 5.63. The molecule has 0 aliphatic carbocycles. The summed E-state index contributed by atoms with van der Waals surface area (Å²) in [6, 6.07) is 4.99. The summed E-state index contributed by atoms with van der Waals surface area (Å²) in [6.07, 6.45) is 0. The van der Waals surface area contributed by atoms with Crippen LogP contribution in [0.1, 0.15) is 31.1 Å². The molecule has 126 valence electrons. The van der Waals surface area contributed by atoms with Gasteiger partial charge in [0, 0.05) is 5.69 Å². The van der Waals surface area contributed by atoms with Crippen LogP contribution in [0.5, 0.6) is 0 Å². The van der Waals surface area contributed by atoms with Crippen molar-refractivity contribution in [2.24, 2.45) is 5.92 Å². The second-order valence-electron chi connectivity index (χ2n) is 5.14. The number of hydrogen-bond donors (Lipinski definition) is 2. The van der Waals surface area contributed by atoms with Crippen LogP contribution >= 0.6 is 0 Å². The molecule has 0 fully saturated rings. The van der Waals surface area contributed by atoms with Crippen molar-refractivity contribution in [3.8, 4) is 0 Å². The Morgan fingerprint density at radius 3 is 2.22 bits per heavy atom. The van der Waals surface area contributed by atoms with Gasteiger partial charge in [0.15, 0.2) is 0 Å². The number of carbonyl (C=O) groups excluding carboxylic acids is 3. The minimum atomic E-state index is -0.737. The minimum absolute atomic E-state index is 0.112. The van der Waals surface area contributed by atoms with Crippen LogP contribution in [-0.4, -0.2) is 37.7 Å². The van der Waals surface area contributed by atoms with E-state index in [0.717, 1.165) is 0 Å². The molecule has 0 spiro atoms. The SMILES string of the molecule is CCOC(=O)c1ccc(NC(=O)NC(C(=O)OC)C(C)C)cc1. The predicted octanol–water partition coefficient (Wildman–Crippen LogP) is 2.18. The van der Waals surface area contributed by atoms with E-state index in [4.69, 9.17) is 4.74 Å². The lowest BCUT2D eigenvalue weighted by molar-refractivity contribution is -0.143. The Labute approximate surface area is 135 Å². The van der Waals surface area contributed by atoms with Crippen molar-refractivity contribution in [3.05, 3.63) is 29.8 Å². The van der Waals surface area contributed by atoms with E-state index in [2.05, 4.69) is 15.4 Å². The van der Waals surface area contributed by atoms with E-state index in [1.54, 1.807) is 45.0 Å². The standard InChI is InChI=1S/C16H22N2O5/c1-5-23-14(19)11-6-8-12(9-7-11)17-16(21)18-13(10(2)3)15(20)22-4/h6-10,13H,5H2,1-4H3,(H2,17,18,21).